The van der Waals surface area contributed by atoms with Crippen molar-refractivity contribution in [3.05, 3.63) is 46.2 Å². The summed E-state index contributed by atoms with van der Waals surface area (Å²) in [5, 5.41) is 1.03. The molecule has 0 saturated heterocycles. The molecule has 3 rings (SSSR count). The number of thiazole rings is 1. The minimum Gasteiger partial charge on any atom is -0.354 e. The Balaban J connectivity index is 1.97. The van der Waals surface area contributed by atoms with Crippen LogP contribution in [0, 0.1) is 20.8 Å². The van der Waals surface area contributed by atoms with Crippen LogP contribution in [0.1, 0.15) is 26.8 Å². The van der Waals surface area contributed by atoms with Gasteiger partial charge < -0.3 is 9.88 Å². The van der Waals surface area contributed by atoms with Crippen molar-refractivity contribution in [2.24, 2.45) is 0 Å². The van der Waals surface area contributed by atoms with Crippen molar-refractivity contribution < 1.29 is 4.79 Å². The zero-order valence-corrected chi connectivity index (χ0v) is 13.3. The van der Waals surface area contributed by atoms with Gasteiger partial charge >= 0.3 is 0 Å². The molecule has 0 aliphatic heterocycles. The third kappa shape index (κ3) is 2.45. The van der Waals surface area contributed by atoms with Gasteiger partial charge in [0.05, 0.1) is 15.2 Å². The maximum Gasteiger partial charge on any atom is 0.274 e. The van der Waals surface area contributed by atoms with Crippen molar-refractivity contribution >= 4 is 33.1 Å². The summed E-state index contributed by atoms with van der Waals surface area (Å²) in [6.45, 7) is 5.89. The van der Waals surface area contributed by atoms with Crippen LogP contribution in [0.15, 0.2) is 24.3 Å². The molecule has 2 aromatic heterocycles. The van der Waals surface area contributed by atoms with Crippen LogP contribution in [-0.4, -0.2) is 22.9 Å². The van der Waals surface area contributed by atoms with Crippen LogP contribution in [0.3, 0.4) is 0 Å². The van der Waals surface area contributed by atoms with Gasteiger partial charge in [-0.05, 0) is 50.6 Å². The number of hydrogen-bond acceptors (Lipinski definition) is 3. The maximum absolute atomic E-state index is 12.6. The lowest BCUT2D eigenvalue weighted by atomic mass is 10.2. The smallest absolute Gasteiger partial charge is 0.274 e. The van der Waals surface area contributed by atoms with Crippen molar-refractivity contribution in [3.63, 3.8) is 0 Å². The number of aromatic nitrogens is 2. The summed E-state index contributed by atoms with van der Waals surface area (Å²) in [4.78, 5) is 21.9. The van der Waals surface area contributed by atoms with Crippen molar-refractivity contribution in [1.29, 1.82) is 0 Å². The standard InChI is InChI=1S/C16H17N3OS/c1-9-7-10(2)17-15(9)16(20)19(4)12-5-6-13-14(8-12)21-11(3)18-13/h5-8,17H,1-4H3. The topological polar surface area (TPSA) is 49.0 Å². The maximum atomic E-state index is 12.6. The molecule has 0 radical (unpaired) electrons. The molecule has 5 heteroatoms. The van der Waals surface area contributed by atoms with E-state index in [2.05, 4.69) is 9.97 Å². The Morgan fingerprint density at radius 2 is 2.00 bits per heavy atom. The van der Waals surface area contributed by atoms with Gasteiger partial charge in [-0.2, -0.15) is 0 Å². The summed E-state index contributed by atoms with van der Waals surface area (Å²) < 4.78 is 1.10. The van der Waals surface area contributed by atoms with E-state index in [4.69, 9.17) is 0 Å². The Labute approximate surface area is 127 Å². The molecule has 1 aromatic carbocycles. The molecule has 1 N–H and O–H groups in total. The SMILES string of the molecule is Cc1cc(C)c(C(=O)N(C)c2ccc3nc(C)sc3c2)[nH]1. The first-order valence-corrected chi connectivity index (χ1v) is 7.59. The molecule has 0 aliphatic carbocycles. The lowest BCUT2D eigenvalue weighted by molar-refractivity contribution is 0.0988. The van der Waals surface area contributed by atoms with E-state index >= 15 is 0 Å². The second-order valence-corrected chi connectivity index (χ2v) is 6.49. The normalized spacial score (nSPS) is 11.0. The zero-order valence-electron chi connectivity index (χ0n) is 12.5. The van der Waals surface area contributed by atoms with Crippen LogP contribution in [0.4, 0.5) is 5.69 Å². The first kappa shape index (κ1) is 13.8. The number of nitrogens with zero attached hydrogens (tertiary/aromatic N) is 2. The largest absolute Gasteiger partial charge is 0.354 e. The average molecular weight is 299 g/mol. The van der Waals surface area contributed by atoms with Crippen molar-refractivity contribution in [2.75, 3.05) is 11.9 Å². The van der Waals surface area contributed by atoms with E-state index in [1.807, 2.05) is 45.0 Å². The van der Waals surface area contributed by atoms with Gasteiger partial charge in [0, 0.05) is 18.4 Å². The fourth-order valence-corrected chi connectivity index (χ4v) is 3.33. The summed E-state index contributed by atoms with van der Waals surface area (Å²) in [5.74, 6) is -0.0267. The molecule has 0 saturated carbocycles. The predicted octanol–water partition coefficient (Wildman–Crippen LogP) is 3.83. The lowest BCUT2D eigenvalue weighted by Gasteiger charge is -2.17. The molecule has 1 amide bonds. The first-order chi connectivity index (χ1) is 9.95. The molecular formula is C16H17N3OS. The van der Waals surface area contributed by atoms with E-state index in [9.17, 15) is 4.79 Å². The number of carbonyl (C=O) groups is 1. The van der Waals surface area contributed by atoms with Crippen LogP contribution in [0.2, 0.25) is 0 Å². The fourth-order valence-electron chi connectivity index (χ4n) is 2.47. The van der Waals surface area contributed by atoms with Crippen LogP contribution < -0.4 is 4.90 Å². The highest BCUT2D eigenvalue weighted by atomic mass is 32.1. The molecule has 3 aromatic rings. The highest BCUT2D eigenvalue weighted by molar-refractivity contribution is 7.18. The quantitative estimate of drug-likeness (QED) is 0.782. The molecule has 0 atom stereocenters. The van der Waals surface area contributed by atoms with Gasteiger partial charge in [-0.15, -0.1) is 11.3 Å². The Kier molecular flexibility index (Phi) is 3.29. The van der Waals surface area contributed by atoms with Crippen molar-refractivity contribution in [2.45, 2.75) is 20.8 Å². The van der Waals surface area contributed by atoms with Crippen LogP contribution in [-0.2, 0) is 0 Å². The molecule has 2 heterocycles. The fraction of sp³-hybridized carbons (Fsp3) is 0.250. The van der Waals surface area contributed by atoms with Gasteiger partial charge in [-0.1, -0.05) is 0 Å². The number of rotatable bonds is 2. The summed E-state index contributed by atoms with van der Waals surface area (Å²) >= 11 is 1.64. The molecule has 4 nitrogen and oxygen atoms in total. The summed E-state index contributed by atoms with van der Waals surface area (Å²) in [5.41, 5.74) is 4.48. The van der Waals surface area contributed by atoms with E-state index in [0.29, 0.717) is 5.69 Å². The number of nitrogens with one attached hydrogen (secondary N) is 1. The van der Waals surface area contributed by atoms with Gasteiger partial charge in [0.1, 0.15) is 5.69 Å². The lowest BCUT2D eigenvalue weighted by Crippen LogP contribution is -2.27. The Hall–Kier alpha value is -2.14. The van der Waals surface area contributed by atoms with Gasteiger partial charge in [-0.25, -0.2) is 4.98 Å². The van der Waals surface area contributed by atoms with Gasteiger partial charge in [0.25, 0.3) is 5.91 Å². The molecule has 0 unspecified atom stereocenters. The van der Waals surface area contributed by atoms with Crippen LogP contribution >= 0.6 is 11.3 Å². The predicted molar refractivity (Wildman–Crippen MR) is 87.4 cm³/mol. The Bertz CT molecular complexity index is 831. The Morgan fingerprint density at radius 3 is 2.67 bits per heavy atom. The molecule has 0 aliphatic rings. The second-order valence-electron chi connectivity index (χ2n) is 5.26. The molecule has 0 bridgehead atoms. The van der Waals surface area contributed by atoms with Crippen molar-refractivity contribution in [3.8, 4) is 0 Å². The van der Waals surface area contributed by atoms with Gasteiger partial charge in [0.15, 0.2) is 0 Å². The highest BCUT2D eigenvalue weighted by Gasteiger charge is 2.18. The second kappa shape index (κ2) is 5.00. The molecule has 0 fully saturated rings. The highest BCUT2D eigenvalue weighted by Crippen LogP contribution is 2.27. The van der Waals surface area contributed by atoms with E-state index in [1.54, 1.807) is 23.3 Å². The minimum absolute atomic E-state index is 0.0267. The minimum atomic E-state index is -0.0267. The zero-order chi connectivity index (χ0) is 15.1. The monoisotopic (exact) mass is 299 g/mol. The van der Waals surface area contributed by atoms with Crippen molar-refractivity contribution in [1.82, 2.24) is 9.97 Å². The van der Waals surface area contributed by atoms with E-state index < -0.39 is 0 Å². The Morgan fingerprint density at radius 1 is 1.24 bits per heavy atom. The number of anilines is 1. The van der Waals surface area contributed by atoms with E-state index in [0.717, 1.165) is 32.2 Å². The first-order valence-electron chi connectivity index (χ1n) is 6.77. The molecule has 0 spiro atoms. The summed E-state index contributed by atoms with van der Waals surface area (Å²) in [7, 11) is 1.80. The number of H-pyrrole nitrogens is 1. The number of hydrogen-bond donors (Lipinski definition) is 1. The molecule has 108 valence electrons. The van der Waals surface area contributed by atoms with E-state index in [1.165, 1.54) is 0 Å². The van der Waals surface area contributed by atoms with Gasteiger partial charge in [0.2, 0.25) is 0 Å². The molecule has 21 heavy (non-hydrogen) atoms. The third-order valence-corrected chi connectivity index (χ3v) is 4.47. The summed E-state index contributed by atoms with van der Waals surface area (Å²) in [6.07, 6.45) is 0. The average Bonchev–Trinajstić information content (AvgIpc) is 2.97. The number of fused-ring (bicyclic) bond motifs is 1. The number of benzene rings is 1. The van der Waals surface area contributed by atoms with Crippen LogP contribution in [0.25, 0.3) is 10.2 Å². The number of carbonyl (C=O) groups excluding carboxylic acids is 1. The summed E-state index contributed by atoms with van der Waals surface area (Å²) in [6, 6.07) is 7.90. The van der Waals surface area contributed by atoms with Crippen LogP contribution in [0.5, 0.6) is 0 Å². The third-order valence-electron chi connectivity index (χ3n) is 3.53. The molecular weight excluding hydrogens is 282 g/mol. The van der Waals surface area contributed by atoms with E-state index in [-0.39, 0.29) is 5.91 Å². The number of aromatic amines is 1. The number of amides is 1. The number of aryl methyl sites for hydroxylation is 3. The van der Waals surface area contributed by atoms with Gasteiger partial charge in [-0.3, -0.25) is 4.79 Å².